The first kappa shape index (κ1) is 9.38. The lowest BCUT2D eigenvalue weighted by Gasteiger charge is -1.92. The van der Waals surface area contributed by atoms with Crippen molar-refractivity contribution in [3.8, 4) is 0 Å². The van der Waals surface area contributed by atoms with Gasteiger partial charge in [-0.2, -0.15) is 0 Å². The van der Waals surface area contributed by atoms with Gasteiger partial charge >= 0.3 is 5.97 Å². The highest BCUT2D eigenvalue weighted by Gasteiger charge is 1.94. The Kier molecular flexibility index (Phi) is 4.87. The fourth-order valence-corrected chi connectivity index (χ4v) is 0.751. The summed E-state index contributed by atoms with van der Waals surface area (Å²) in [5.74, 6) is -0.914. The number of hydrogen-bond donors (Lipinski definition) is 3. The summed E-state index contributed by atoms with van der Waals surface area (Å²) in [5.41, 5.74) is 0. The minimum absolute atomic E-state index is 0.00380. The lowest BCUT2D eigenvalue weighted by molar-refractivity contribution is -0.137. The molecule has 0 aliphatic rings. The molecule has 60 valence electrons. The van der Waals surface area contributed by atoms with Crippen molar-refractivity contribution >= 4 is 16.9 Å². The Bertz CT molecular complexity index is 168. The highest BCUT2D eigenvalue weighted by molar-refractivity contribution is 7.70. The molecule has 0 bridgehead atoms. The summed E-state index contributed by atoms with van der Waals surface area (Å²) in [4.78, 5) is 9.87. The standard InChI is InChI=1S/C4H9NO4S/c6-4(7)2-1-3-5-10(8)9/h10H,1-3H2,(H,6,7)(H,5,8,9). The normalized spacial score (nSPS) is 10.1. The van der Waals surface area contributed by atoms with Crippen molar-refractivity contribution in [2.24, 2.45) is 0 Å². The molecule has 0 atom stereocenters. The van der Waals surface area contributed by atoms with Crippen molar-refractivity contribution in [3.05, 3.63) is 0 Å². The molecule has 0 radical (unpaired) electrons. The summed E-state index contributed by atoms with van der Waals surface area (Å²) < 4.78 is 21.7. The summed E-state index contributed by atoms with van der Waals surface area (Å²) >= 11 is 0. The zero-order valence-corrected chi connectivity index (χ0v) is 6.13. The maximum Gasteiger partial charge on any atom is 0.303 e. The van der Waals surface area contributed by atoms with E-state index in [1.54, 1.807) is 0 Å². The van der Waals surface area contributed by atoms with Crippen LogP contribution >= 0.6 is 0 Å². The Morgan fingerprint density at radius 2 is 2.10 bits per heavy atom. The molecule has 0 amide bonds. The molecule has 10 heavy (non-hydrogen) atoms. The minimum atomic E-state index is -2.57. The van der Waals surface area contributed by atoms with Gasteiger partial charge in [0.05, 0.1) is 0 Å². The van der Waals surface area contributed by atoms with E-state index in [9.17, 15) is 13.2 Å². The summed E-state index contributed by atoms with van der Waals surface area (Å²) in [7, 11) is -2.57. The molecule has 5 nitrogen and oxygen atoms in total. The molecule has 0 aliphatic heterocycles. The Labute approximate surface area is 60.1 Å². The minimum Gasteiger partial charge on any atom is -0.481 e. The first-order chi connectivity index (χ1) is 4.63. The molecule has 0 aromatic heterocycles. The van der Waals surface area contributed by atoms with Crippen LogP contribution in [-0.2, 0) is 15.7 Å². The molecule has 2 N–H and O–H groups in total. The van der Waals surface area contributed by atoms with Crippen molar-refractivity contribution in [2.75, 3.05) is 6.54 Å². The third kappa shape index (κ3) is 7.38. The molecule has 0 aliphatic carbocycles. The fraction of sp³-hybridized carbons (Fsp3) is 0.750. The second-order valence-electron chi connectivity index (χ2n) is 1.66. The first-order valence-corrected chi connectivity index (χ1v) is 3.90. The number of carbonyl (C=O) groups is 1. The summed E-state index contributed by atoms with van der Waals surface area (Å²) in [5, 5.41) is 8.10. The smallest absolute Gasteiger partial charge is 0.303 e. The van der Waals surface area contributed by atoms with Crippen LogP contribution in [0.4, 0.5) is 0 Å². The number of nitrogens with one attached hydrogen (secondary N) is 1. The van der Waals surface area contributed by atoms with Crippen LogP contribution in [0, 0.1) is 0 Å². The predicted octanol–water partition coefficient (Wildman–Crippen LogP) is -1.03. The van der Waals surface area contributed by atoms with Crippen LogP contribution < -0.4 is 4.72 Å². The molecule has 6 heteroatoms. The van der Waals surface area contributed by atoms with Crippen LogP contribution in [0.2, 0.25) is 0 Å². The maximum absolute atomic E-state index is 9.87. The van der Waals surface area contributed by atoms with Crippen molar-refractivity contribution in [1.82, 2.24) is 4.72 Å². The Morgan fingerprint density at radius 1 is 1.50 bits per heavy atom. The zero-order chi connectivity index (χ0) is 7.98. The lowest BCUT2D eigenvalue weighted by Crippen LogP contribution is -2.13. The second kappa shape index (κ2) is 5.19. The van der Waals surface area contributed by atoms with Crippen LogP contribution in [0.3, 0.4) is 0 Å². The molecular weight excluding hydrogens is 158 g/mol. The van der Waals surface area contributed by atoms with Gasteiger partial charge in [-0.25, -0.2) is 13.1 Å². The van der Waals surface area contributed by atoms with Crippen LogP contribution in [-0.4, -0.2) is 26.0 Å². The van der Waals surface area contributed by atoms with Crippen LogP contribution in [0.5, 0.6) is 0 Å². The summed E-state index contributed by atoms with van der Waals surface area (Å²) in [6.07, 6.45) is 0.328. The van der Waals surface area contributed by atoms with E-state index in [2.05, 4.69) is 4.72 Å². The largest absolute Gasteiger partial charge is 0.481 e. The molecule has 0 aromatic carbocycles. The van der Waals surface area contributed by atoms with Gasteiger partial charge in [-0.15, -0.1) is 0 Å². The van der Waals surface area contributed by atoms with E-state index >= 15 is 0 Å². The molecule has 0 fully saturated rings. The van der Waals surface area contributed by atoms with E-state index in [0.717, 1.165) is 0 Å². The highest BCUT2D eigenvalue weighted by Crippen LogP contribution is 1.84. The molecule has 0 rings (SSSR count). The molecule has 0 saturated heterocycles. The maximum atomic E-state index is 9.87. The molecule has 0 aromatic rings. The Morgan fingerprint density at radius 3 is 2.50 bits per heavy atom. The zero-order valence-electron chi connectivity index (χ0n) is 5.24. The average Bonchev–Trinajstić information content (AvgIpc) is 1.79. The second-order valence-corrected chi connectivity index (χ2v) is 2.49. The quantitative estimate of drug-likeness (QED) is 0.361. The number of thiol groups is 1. The first-order valence-electron chi connectivity index (χ1n) is 2.72. The molecule has 0 saturated carbocycles. The van der Waals surface area contributed by atoms with Gasteiger partial charge in [0.25, 0.3) is 0 Å². The fourth-order valence-electron chi connectivity index (χ4n) is 0.410. The van der Waals surface area contributed by atoms with Crippen molar-refractivity contribution in [3.63, 3.8) is 0 Å². The molecule has 0 spiro atoms. The van der Waals surface area contributed by atoms with Gasteiger partial charge < -0.3 is 5.11 Å². The van der Waals surface area contributed by atoms with E-state index in [1.165, 1.54) is 0 Å². The third-order valence-electron chi connectivity index (χ3n) is 0.808. The van der Waals surface area contributed by atoms with Gasteiger partial charge in [-0.1, -0.05) is 0 Å². The third-order valence-corrected chi connectivity index (χ3v) is 1.29. The van der Waals surface area contributed by atoms with Crippen molar-refractivity contribution in [2.45, 2.75) is 12.8 Å². The van der Waals surface area contributed by atoms with E-state index in [1.807, 2.05) is 0 Å². The number of aliphatic carboxylic acids is 1. The number of rotatable bonds is 5. The average molecular weight is 167 g/mol. The number of hydrogen-bond acceptors (Lipinski definition) is 3. The number of carboxylic acid groups (broad SMARTS) is 1. The van der Waals surface area contributed by atoms with Gasteiger partial charge in [0.15, 0.2) is 0 Å². The Balaban J connectivity index is 3.13. The van der Waals surface area contributed by atoms with Crippen LogP contribution in [0.1, 0.15) is 12.8 Å². The molecular formula is C4H9NO4S. The van der Waals surface area contributed by atoms with Crippen LogP contribution in [0.25, 0.3) is 0 Å². The molecule has 0 heterocycles. The highest BCUT2D eigenvalue weighted by atomic mass is 32.2. The van der Waals surface area contributed by atoms with Gasteiger partial charge in [0, 0.05) is 13.0 Å². The Hall–Kier alpha value is -0.620. The van der Waals surface area contributed by atoms with Gasteiger partial charge in [0.1, 0.15) is 0 Å². The van der Waals surface area contributed by atoms with Gasteiger partial charge in [-0.3, -0.25) is 4.79 Å². The topological polar surface area (TPSA) is 83.5 Å². The van der Waals surface area contributed by atoms with E-state index in [-0.39, 0.29) is 13.0 Å². The lowest BCUT2D eigenvalue weighted by atomic mass is 10.3. The SMILES string of the molecule is O=C(O)CCCN[SH](=O)=O. The summed E-state index contributed by atoms with van der Waals surface area (Å²) in [6.45, 7) is 0.199. The molecule has 0 unspecified atom stereocenters. The van der Waals surface area contributed by atoms with Gasteiger partial charge in [-0.05, 0) is 6.42 Å². The van der Waals surface area contributed by atoms with Crippen molar-refractivity contribution < 1.29 is 18.3 Å². The predicted molar refractivity (Wildman–Crippen MR) is 35.2 cm³/mol. The summed E-state index contributed by atoms with van der Waals surface area (Å²) in [6, 6.07) is 0. The van der Waals surface area contributed by atoms with Gasteiger partial charge in [0.2, 0.25) is 10.9 Å². The monoisotopic (exact) mass is 167 g/mol. The van der Waals surface area contributed by atoms with E-state index in [0.29, 0.717) is 6.42 Å². The van der Waals surface area contributed by atoms with Crippen molar-refractivity contribution in [1.29, 1.82) is 0 Å². The van der Waals surface area contributed by atoms with E-state index < -0.39 is 16.9 Å². The van der Waals surface area contributed by atoms with Crippen LogP contribution in [0.15, 0.2) is 0 Å². The number of carboxylic acids is 1. The van der Waals surface area contributed by atoms with E-state index in [4.69, 9.17) is 5.11 Å².